The van der Waals surface area contributed by atoms with Crippen molar-refractivity contribution in [1.82, 2.24) is 14.7 Å². The first-order valence-electron chi connectivity index (χ1n) is 10.1. The van der Waals surface area contributed by atoms with E-state index in [0.717, 1.165) is 9.58 Å². The molecule has 0 N–H and O–H groups in total. The van der Waals surface area contributed by atoms with Crippen LogP contribution in [-0.2, 0) is 7.05 Å². The van der Waals surface area contributed by atoms with Gasteiger partial charge in [0.25, 0.3) is 11.5 Å². The molecule has 0 aliphatic rings. The van der Waals surface area contributed by atoms with Crippen molar-refractivity contribution in [2.45, 2.75) is 42.5 Å². The summed E-state index contributed by atoms with van der Waals surface area (Å²) in [6.07, 6.45) is 0. The van der Waals surface area contributed by atoms with Crippen LogP contribution in [0.15, 0.2) is 69.2 Å². The molecule has 1 heterocycles. The molecule has 0 saturated heterocycles. The Bertz CT molecular complexity index is 1140. The maximum absolute atomic E-state index is 14.8. The van der Waals surface area contributed by atoms with Gasteiger partial charge >= 0.3 is 0 Å². The summed E-state index contributed by atoms with van der Waals surface area (Å²) in [4.78, 5) is 27.2. The van der Waals surface area contributed by atoms with Crippen LogP contribution in [0, 0.1) is 5.82 Å². The molecule has 2 aromatic carbocycles. The normalized spacial score (nSPS) is 12.1. The van der Waals surface area contributed by atoms with Crippen molar-refractivity contribution in [3.63, 3.8) is 0 Å². The number of carbonyl (C=O) groups is 1. The third kappa shape index (κ3) is 5.22. The van der Waals surface area contributed by atoms with Gasteiger partial charge in [-0.15, -0.1) is 0 Å². The van der Waals surface area contributed by atoms with E-state index < -0.39 is 0 Å². The predicted molar refractivity (Wildman–Crippen MR) is 121 cm³/mol. The quantitative estimate of drug-likeness (QED) is 0.541. The molecule has 3 aromatic rings. The Hall–Kier alpha value is -2.93. The van der Waals surface area contributed by atoms with Crippen molar-refractivity contribution >= 4 is 17.7 Å². The maximum atomic E-state index is 14.8. The zero-order valence-corrected chi connectivity index (χ0v) is 19.1. The van der Waals surface area contributed by atoms with Gasteiger partial charge in [-0.3, -0.25) is 9.59 Å². The SMILES string of the molecule is CC(C)c1ccc(Sc2ccc([C@H](C)N(C)C(=O)c3ccc(=O)n(C)n3)cc2F)cc1. The Labute approximate surface area is 185 Å². The van der Waals surface area contributed by atoms with Gasteiger partial charge in [-0.25, -0.2) is 9.07 Å². The first-order valence-corrected chi connectivity index (χ1v) is 10.9. The van der Waals surface area contributed by atoms with Crippen LogP contribution in [0.2, 0.25) is 0 Å². The van der Waals surface area contributed by atoms with E-state index in [1.165, 1.54) is 47.5 Å². The van der Waals surface area contributed by atoms with Crippen molar-refractivity contribution in [1.29, 1.82) is 0 Å². The van der Waals surface area contributed by atoms with Crippen molar-refractivity contribution in [2.24, 2.45) is 7.05 Å². The van der Waals surface area contributed by atoms with Gasteiger partial charge in [0.2, 0.25) is 0 Å². The second-order valence-electron chi connectivity index (χ2n) is 7.79. The molecule has 0 fully saturated rings. The Kier molecular flexibility index (Phi) is 6.95. The Balaban J connectivity index is 1.75. The molecule has 1 amide bonds. The number of hydrogen-bond acceptors (Lipinski definition) is 4. The Morgan fingerprint density at radius 2 is 1.68 bits per heavy atom. The van der Waals surface area contributed by atoms with Crippen LogP contribution in [0.1, 0.15) is 54.3 Å². The molecule has 0 saturated carbocycles. The van der Waals surface area contributed by atoms with Gasteiger partial charge in [-0.1, -0.05) is 43.8 Å². The molecule has 0 spiro atoms. The molecule has 0 aliphatic heterocycles. The van der Waals surface area contributed by atoms with E-state index in [0.29, 0.717) is 16.4 Å². The molecule has 0 aliphatic carbocycles. The highest BCUT2D eigenvalue weighted by Gasteiger charge is 2.21. The lowest BCUT2D eigenvalue weighted by Crippen LogP contribution is -2.32. The van der Waals surface area contributed by atoms with Crippen LogP contribution in [-0.4, -0.2) is 27.6 Å². The van der Waals surface area contributed by atoms with Crippen molar-refractivity contribution < 1.29 is 9.18 Å². The van der Waals surface area contributed by atoms with Gasteiger partial charge in [0.15, 0.2) is 0 Å². The maximum Gasteiger partial charge on any atom is 0.274 e. The summed E-state index contributed by atoms with van der Waals surface area (Å²) in [5, 5.41) is 4.00. The third-order valence-corrected chi connectivity index (χ3v) is 6.35. The molecular weight excluding hydrogens is 413 g/mol. The summed E-state index contributed by atoms with van der Waals surface area (Å²) in [5.74, 6) is -0.220. The van der Waals surface area contributed by atoms with Gasteiger partial charge in [-0.2, -0.15) is 5.10 Å². The first kappa shape index (κ1) is 22.7. The molecule has 0 bridgehead atoms. The molecular formula is C24H26FN3O2S. The minimum absolute atomic E-state index is 0.161. The molecule has 0 unspecified atom stereocenters. The number of aromatic nitrogens is 2. The lowest BCUT2D eigenvalue weighted by atomic mass is 10.0. The number of rotatable bonds is 6. The fourth-order valence-corrected chi connectivity index (χ4v) is 3.92. The van der Waals surface area contributed by atoms with Crippen LogP contribution >= 0.6 is 11.8 Å². The highest BCUT2D eigenvalue weighted by Crippen LogP contribution is 2.33. The third-order valence-electron chi connectivity index (χ3n) is 5.29. The van der Waals surface area contributed by atoms with E-state index in [2.05, 4.69) is 31.1 Å². The number of nitrogens with zero attached hydrogens (tertiary/aromatic N) is 3. The van der Waals surface area contributed by atoms with E-state index in [1.807, 2.05) is 25.1 Å². The van der Waals surface area contributed by atoms with E-state index >= 15 is 0 Å². The molecule has 7 heteroatoms. The number of hydrogen-bond donors (Lipinski definition) is 0. The van der Waals surface area contributed by atoms with Crippen LogP contribution in [0.5, 0.6) is 0 Å². The van der Waals surface area contributed by atoms with Crippen molar-refractivity contribution in [3.8, 4) is 0 Å². The summed E-state index contributed by atoms with van der Waals surface area (Å²) >= 11 is 1.37. The van der Waals surface area contributed by atoms with Crippen molar-refractivity contribution in [3.05, 3.63) is 87.6 Å². The number of benzene rings is 2. The minimum atomic E-state index is -0.370. The summed E-state index contributed by atoms with van der Waals surface area (Å²) < 4.78 is 15.9. The molecule has 3 rings (SSSR count). The van der Waals surface area contributed by atoms with Gasteiger partial charge < -0.3 is 4.90 Å². The zero-order chi connectivity index (χ0) is 22.7. The standard InChI is InChI=1S/C24H26FN3O2S/c1-15(2)17-6-9-19(10-7-17)31-22-12-8-18(14-20(22)25)16(3)27(4)24(30)21-11-13-23(29)28(5)26-21/h6-16H,1-5H3/t16-/m0/s1. The smallest absolute Gasteiger partial charge is 0.274 e. The molecule has 31 heavy (non-hydrogen) atoms. The highest BCUT2D eigenvalue weighted by molar-refractivity contribution is 7.99. The number of amides is 1. The predicted octanol–water partition coefficient (Wildman–Crippen LogP) is 5.03. The Morgan fingerprint density at radius 3 is 2.26 bits per heavy atom. The van der Waals surface area contributed by atoms with E-state index in [1.54, 1.807) is 13.1 Å². The zero-order valence-electron chi connectivity index (χ0n) is 18.3. The Morgan fingerprint density at radius 1 is 1.03 bits per heavy atom. The average Bonchev–Trinajstić information content (AvgIpc) is 2.75. The molecule has 1 atom stereocenters. The van der Waals surface area contributed by atoms with Gasteiger partial charge in [-0.05, 0) is 54.3 Å². The molecule has 1 aromatic heterocycles. The number of carbonyl (C=O) groups excluding carboxylic acids is 1. The van der Waals surface area contributed by atoms with Crippen molar-refractivity contribution in [2.75, 3.05) is 7.05 Å². The van der Waals surface area contributed by atoms with E-state index in [4.69, 9.17) is 0 Å². The summed E-state index contributed by atoms with van der Waals surface area (Å²) in [7, 11) is 3.13. The van der Waals surface area contributed by atoms with Crippen LogP contribution in [0.25, 0.3) is 0 Å². The van der Waals surface area contributed by atoms with Gasteiger partial charge in [0, 0.05) is 30.0 Å². The minimum Gasteiger partial charge on any atom is -0.334 e. The second kappa shape index (κ2) is 9.47. The molecule has 5 nitrogen and oxygen atoms in total. The average molecular weight is 440 g/mol. The van der Waals surface area contributed by atoms with Crippen LogP contribution in [0.4, 0.5) is 4.39 Å². The fraction of sp³-hybridized carbons (Fsp3) is 0.292. The van der Waals surface area contributed by atoms with Crippen LogP contribution in [0.3, 0.4) is 0 Å². The largest absolute Gasteiger partial charge is 0.334 e. The van der Waals surface area contributed by atoms with Gasteiger partial charge in [0.1, 0.15) is 11.5 Å². The highest BCUT2D eigenvalue weighted by atomic mass is 32.2. The summed E-state index contributed by atoms with van der Waals surface area (Å²) in [6.45, 7) is 6.10. The monoisotopic (exact) mass is 439 g/mol. The summed E-state index contributed by atoms with van der Waals surface area (Å²) in [5.41, 5.74) is 1.79. The van der Waals surface area contributed by atoms with Crippen LogP contribution < -0.4 is 5.56 Å². The lowest BCUT2D eigenvalue weighted by Gasteiger charge is -2.25. The molecule has 162 valence electrons. The number of aryl methyl sites for hydroxylation is 1. The van der Waals surface area contributed by atoms with Gasteiger partial charge in [0.05, 0.1) is 6.04 Å². The second-order valence-corrected chi connectivity index (χ2v) is 8.90. The fourth-order valence-electron chi connectivity index (χ4n) is 3.10. The summed E-state index contributed by atoms with van der Waals surface area (Å²) in [6, 6.07) is 15.5. The van der Waals surface area contributed by atoms with E-state index in [9.17, 15) is 14.0 Å². The van der Waals surface area contributed by atoms with E-state index in [-0.39, 0.29) is 29.0 Å². The first-order chi connectivity index (χ1) is 14.7. The number of halogens is 1. The lowest BCUT2D eigenvalue weighted by molar-refractivity contribution is 0.0733. The molecule has 0 radical (unpaired) electrons. The topological polar surface area (TPSA) is 55.2 Å².